The van der Waals surface area contributed by atoms with Crippen LogP contribution in [0.15, 0.2) is 70.2 Å². The Kier molecular flexibility index (Phi) is 6.48. The van der Waals surface area contributed by atoms with Gasteiger partial charge in [-0.1, -0.05) is 18.2 Å². The van der Waals surface area contributed by atoms with Gasteiger partial charge in [-0.15, -0.1) is 11.3 Å². The summed E-state index contributed by atoms with van der Waals surface area (Å²) >= 11 is 1.56. The molecule has 1 unspecified atom stereocenters. The summed E-state index contributed by atoms with van der Waals surface area (Å²) in [4.78, 5) is 2.79. The van der Waals surface area contributed by atoms with Gasteiger partial charge in [0, 0.05) is 28.0 Å². The van der Waals surface area contributed by atoms with Gasteiger partial charge < -0.3 is 15.7 Å². The van der Waals surface area contributed by atoms with Crippen LogP contribution in [0, 0.1) is 0 Å². The fraction of sp³-hybridized carbons (Fsp3) is 0.227. The van der Waals surface area contributed by atoms with Crippen LogP contribution in [0.25, 0.3) is 21.2 Å². The SMILES string of the molecule is CS(=O)(=O)c1ccc(-c2ccc3sc(CN4C=NN(CC(CN)=C(F)F)C4O)cc3c2)cc1. The van der Waals surface area contributed by atoms with Gasteiger partial charge in [-0.2, -0.15) is 13.9 Å². The Balaban J connectivity index is 1.49. The van der Waals surface area contributed by atoms with E-state index in [1.54, 1.807) is 40.5 Å². The van der Waals surface area contributed by atoms with E-state index in [0.29, 0.717) is 6.54 Å². The lowest BCUT2D eigenvalue weighted by Gasteiger charge is -2.25. The molecule has 0 amide bonds. The van der Waals surface area contributed by atoms with Crippen molar-refractivity contribution in [2.24, 2.45) is 10.8 Å². The fourth-order valence-corrected chi connectivity index (χ4v) is 5.18. The molecule has 1 aliphatic rings. The molecule has 3 aromatic rings. The monoisotopic (exact) mass is 492 g/mol. The van der Waals surface area contributed by atoms with Crippen LogP contribution in [0.4, 0.5) is 8.78 Å². The molecular formula is C22H22F2N4O3S2. The average Bonchev–Trinajstić information content (AvgIpc) is 3.33. The van der Waals surface area contributed by atoms with Gasteiger partial charge in [0.25, 0.3) is 6.08 Å². The average molecular weight is 493 g/mol. The van der Waals surface area contributed by atoms with Crippen molar-refractivity contribution >= 4 is 37.6 Å². The summed E-state index contributed by atoms with van der Waals surface area (Å²) in [7, 11) is -3.25. The van der Waals surface area contributed by atoms with Gasteiger partial charge in [0.1, 0.15) is 6.34 Å². The van der Waals surface area contributed by atoms with E-state index in [0.717, 1.165) is 31.1 Å². The lowest BCUT2D eigenvalue weighted by molar-refractivity contribution is -0.0563. The number of aliphatic hydroxyl groups excluding tert-OH is 1. The van der Waals surface area contributed by atoms with E-state index < -0.39 is 22.3 Å². The molecule has 2 aromatic carbocycles. The van der Waals surface area contributed by atoms with Crippen LogP contribution in [0.1, 0.15) is 4.88 Å². The highest BCUT2D eigenvalue weighted by Crippen LogP contribution is 2.32. The molecular weight excluding hydrogens is 470 g/mol. The number of benzene rings is 2. The first-order valence-corrected chi connectivity index (χ1v) is 12.7. The molecule has 174 valence electrons. The molecule has 4 rings (SSSR count). The van der Waals surface area contributed by atoms with Crippen LogP contribution in [-0.4, -0.2) is 55.5 Å². The largest absolute Gasteiger partial charge is 0.355 e. The summed E-state index contributed by atoms with van der Waals surface area (Å²) in [5.41, 5.74) is 6.93. The second-order valence-electron chi connectivity index (χ2n) is 7.68. The Morgan fingerprint density at radius 2 is 1.85 bits per heavy atom. The highest BCUT2D eigenvalue weighted by Gasteiger charge is 2.27. The Bertz CT molecular complexity index is 1330. The van der Waals surface area contributed by atoms with E-state index in [1.807, 2.05) is 24.3 Å². The number of rotatable bonds is 7. The van der Waals surface area contributed by atoms with E-state index in [4.69, 9.17) is 5.73 Å². The van der Waals surface area contributed by atoms with E-state index >= 15 is 0 Å². The highest BCUT2D eigenvalue weighted by atomic mass is 32.2. The van der Waals surface area contributed by atoms with Gasteiger partial charge in [0.05, 0.1) is 18.0 Å². The minimum Gasteiger partial charge on any atom is -0.355 e. The first-order valence-electron chi connectivity index (χ1n) is 9.96. The molecule has 0 spiro atoms. The number of hydrazone groups is 1. The molecule has 0 saturated heterocycles. The quantitative estimate of drug-likeness (QED) is 0.524. The zero-order valence-corrected chi connectivity index (χ0v) is 19.3. The number of nitrogens with two attached hydrogens (primary N) is 1. The molecule has 0 radical (unpaired) electrons. The maximum absolute atomic E-state index is 12.9. The van der Waals surface area contributed by atoms with Crippen LogP contribution in [0.2, 0.25) is 0 Å². The van der Waals surface area contributed by atoms with E-state index in [1.165, 1.54) is 12.6 Å². The summed E-state index contributed by atoms with van der Waals surface area (Å²) in [5, 5.41) is 16.7. The van der Waals surface area contributed by atoms with Crippen molar-refractivity contribution in [2.75, 3.05) is 19.3 Å². The third-order valence-electron chi connectivity index (χ3n) is 5.30. The van der Waals surface area contributed by atoms with Crippen LogP contribution >= 0.6 is 11.3 Å². The van der Waals surface area contributed by atoms with Crippen LogP contribution < -0.4 is 5.73 Å². The van der Waals surface area contributed by atoms with Crippen molar-refractivity contribution in [3.05, 3.63) is 65.1 Å². The van der Waals surface area contributed by atoms with Crippen LogP contribution in [0.5, 0.6) is 0 Å². The Labute approximate surface area is 194 Å². The number of fused-ring (bicyclic) bond motifs is 1. The minimum absolute atomic E-state index is 0.249. The smallest absolute Gasteiger partial charge is 0.272 e. The molecule has 3 N–H and O–H groups in total. The second kappa shape index (κ2) is 9.18. The topological polar surface area (TPSA) is 99.2 Å². The van der Waals surface area contributed by atoms with Crippen molar-refractivity contribution in [1.82, 2.24) is 9.91 Å². The first-order chi connectivity index (χ1) is 15.7. The molecule has 0 bridgehead atoms. The molecule has 7 nitrogen and oxygen atoms in total. The zero-order valence-electron chi connectivity index (χ0n) is 17.6. The van der Waals surface area contributed by atoms with E-state index in [-0.39, 0.29) is 23.6 Å². The van der Waals surface area contributed by atoms with Crippen molar-refractivity contribution < 1.29 is 22.3 Å². The highest BCUT2D eigenvalue weighted by molar-refractivity contribution is 7.90. The molecule has 33 heavy (non-hydrogen) atoms. The number of hydrogen-bond donors (Lipinski definition) is 2. The maximum atomic E-state index is 12.9. The van der Waals surface area contributed by atoms with Gasteiger partial charge >= 0.3 is 0 Å². The lowest BCUT2D eigenvalue weighted by atomic mass is 10.0. The van der Waals surface area contributed by atoms with Crippen molar-refractivity contribution in [3.8, 4) is 11.1 Å². The number of nitrogens with zero attached hydrogens (tertiary/aromatic N) is 3. The molecule has 11 heteroatoms. The van der Waals surface area contributed by atoms with E-state index in [9.17, 15) is 22.3 Å². The first kappa shape index (κ1) is 23.3. The molecule has 1 aromatic heterocycles. The summed E-state index contributed by atoms with van der Waals surface area (Å²) in [6, 6.07) is 14.7. The fourth-order valence-electron chi connectivity index (χ4n) is 3.50. The third-order valence-corrected chi connectivity index (χ3v) is 7.53. The van der Waals surface area contributed by atoms with Gasteiger partial charge in [-0.05, 0) is 46.8 Å². The maximum Gasteiger partial charge on any atom is 0.272 e. The van der Waals surface area contributed by atoms with Crippen molar-refractivity contribution in [1.29, 1.82) is 0 Å². The number of halogens is 2. The molecule has 2 heterocycles. The zero-order chi connectivity index (χ0) is 23.8. The minimum atomic E-state index is -3.25. The normalized spacial score (nSPS) is 16.1. The summed E-state index contributed by atoms with van der Waals surface area (Å²) < 4.78 is 50.1. The van der Waals surface area contributed by atoms with Gasteiger partial charge in [0.15, 0.2) is 9.84 Å². The van der Waals surface area contributed by atoms with Gasteiger partial charge in [0.2, 0.25) is 6.35 Å². The molecule has 0 aliphatic carbocycles. The third kappa shape index (κ3) is 5.06. The second-order valence-corrected chi connectivity index (χ2v) is 10.9. The van der Waals surface area contributed by atoms with Gasteiger partial charge in [-0.3, -0.25) is 0 Å². The predicted molar refractivity (Wildman–Crippen MR) is 125 cm³/mol. The number of aliphatic hydroxyl groups is 1. The van der Waals surface area contributed by atoms with Gasteiger partial charge in [-0.25, -0.2) is 13.4 Å². The number of hydrogen-bond acceptors (Lipinski definition) is 8. The van der Waals surface area contributed by atoms with E-state index in [2.05, 4.69) is 5.10 Å². The lowest BCUT2D eigenvalue weighted by Crippen LogP contribution is -2.40. The Hall–Kier alpha value is -2.86. The molecule has 1 aliphatic heterocycles. The van der Waals surface area contributed by atoms with Crippen molar-refractivity contribution in [2.45, 2.75) is 17.8 Å². The Morgan fingerprint density at radius 3 is 2.48 bits per heavy atom. The molecule has 1 atom stereocenters. The number of thiophene rings is 1. The molecule has 0 fully saturated rings. The van der Waals surface area contributed by atoms with Crippen LogP contribution in [0.3, 0.4) is 0 Å². The molecule has 0 saturated carbocycles. The standard InChI is InChI=1S/C22H22F2N4O3S2/c1-33(30,31)19-5-2-14(3-6-19)15-4-7-20-16(8-15)9-18(32-20)12-27-13-26-28(22(27)29)11-17(10-25)21(23)24/h2-9,13,22,29H,10-12,25H2,1H3. The summed E-state index contributed by atoms with van der Waals surface area (Å²) in [6.07, 6.45) is -0.423. The summed E-state index contributed by atoms with van der Waals surface area (Å²) in [5.74, 6) is 0. The predicted octanol–water partition coefficient (Wildman–Crippen LogP) is 3.42. The Morgan fingerprint density at radius 1 is 1.15 bits per heavy atom. The summed E-state index contributed by atoms with van der Waals surface area (Å²) in [6.45, 7) is -0.198. The number of sulfone groups is 1. The van der Waals surface area contributed by atoms with Crippen LogP contribution in [-0.2, 0) is 16.4 Å². The van der Waals surface area contributed by atoms with Crippen molar-refractivity contribution in [3.63, 3.8) is 0 Å².